The highest BCUT2D eigenvalue weighted by molar-refractivity contribution is 7.12. The first-order valence-electron chi connectivity index (χ1n) is 8.63. The van der Waals surface area contributed by atoms with Gasteiger partial charge >= 0.3 is 5.97 Å². The monoisotopic (exact) mass is 422 g/mol. The van der Waals surface area contributed by atoms with E-state index in [1.165, 1.54) is 54.9 Å². The summed E-state index contributed by atoms with van der Waals surface area (Å²) in [7, 11) is 1.40. The first-order chi connectivity index (χ1) is 14.5. The number of carbonyl (C=O) groups excluding carboxylic acids is 2. The average Bonchev–Trinajstić information content (AvgIpc) is 3.29. The number of thiophene rings is 1. The minimum absolute atomic E-state index is 0.0305. The van der Waals surface area contributed by atoms with Crippen molar-refractivity contribution in [1.29, 1.82) is 5.26 Å². The van der Waals surface area contributed by atoms with Gasteiger partial charge in [-0.3, -0.25) is 4.79 Å². The first kappa shape index (κ1) is 20.8. The maximum atomic E-state index is 13.7. The second kappa shape index (κ2) is 9.49. The molecule has 0 saturated heterocycles. The molecule has 0 spiro atoms. The summed E-state index contributed by atoms with van der Waals surface area (Å²) in [5.41, 5.74) is 0.198. The van der Waals surface area contributed by atoms with Gasteiger partial charge in [-0.1, -0.05) is 24.3 Å². The molecule has 150 valence electrons. The number of rotatable bonds is 6. The summed E-state index contributed by atoms with van der Waals surface area (Å²) >= 11 is 1.25. The van der Waals surface area contributed by atoms with Crippen molar-refractivity contribution >= 4 is 35.0 Å². The Bertz CT molecular complexity index is 1150. The summed E-state index contributed by atoms with van der Waals surface area (Å²) in [4.78, 5) is 24.9. The van der Waals surface area contributed by atoms with Gasteiger partial charge in [-0.15, -0.1) is 11.3 Å². The predicted molar refractivity (Wildman–Crippen MR) is 111 cm³/mol. The fourth-order valence-corrected chi connectivity index (χ4v) is 3.07. The number of hydrogen-bond donors (Lipinski definition) is 1. The standard InChI is InChI=1S/C22H15FN2O4S/c1-28-19-12-14(8-9-18(19)29-22(27)20-7-4-10-30-20)11-15(13-24)21(26)25-17-6-3-2-5-16(17)23/h2-12H,1H3,(H,25,26)/b15-11+. The van der Waals surface area contributed by atoms with Crippen molar-refractivity contribution < 1.29 is 23.5 Å². The second-order valence-electron chi connectivity index (χ2n) is 5.88. The van der Waals surface area contributed by atoms with E-state index in [9.17, 15) is 19.2 Å². The van der Waals surface area contributed by atoms with Crippen LogP contribution in [0, 0.1) is 17.1 Å². The number of esters is 1. The van der Waals surface area contributed by atoms with Crippen LogP contribution in [0.3, 0.4) is 0 Å². The van der Waals surface area contributed by atoms with Crippen molar-refractivity contribution in [2.45, 2.75) is 0 Å². The molecule has 8 heteroatoms. The van der Waals surface area contributed by atoms with E-state index >= 15 is 0 Å². The van der Waals surface area contributed by atoms with Crippen molar-refractivity contribution in [2.24, 2.45) is 0 Å². The van der Waals surface area contributed by atoms with Crippen LogP contribution in [0.4, 0.5) is 10.1 Å². The van der Waals surface area contributed by atoms with Crippen molar-refractivity contribution in [3.8, 4) is 17.6 Å². The van der Waals surface area contributed by atoms with Crippen LogP contribution in [0.15, 0.2) is 65.6 Å². The number of anilines is 1. The molecule has 0 saturated carbocycles. The highest BCUT2D eigenvalue weighted by atomic mass is 32.1. The third-order valence-electron chi connectivity index (χ3n) is 3.91. The highest BCUT2D eigenvalue weighted by Gasteiger charge is 2.15. The van der Waals surface area contributed by atoms with E-state index in [4.69, 9.17) is 9.47 Å². The molecule has 3 rings (SSSR count). The molecule has 0 radical (unpaired) electrons. The number of benzene rings is 2. The largest absolute Gasteiger partial charge is 0.493 e. The van der Waals surface area contributed by atoms with Crippen molar-refractivity contribution in [3.63, 3.8) is 0 Å². The molecule has 6 nitrogen and oxygen atoms in total. The minimum Gasteiger partial charge on any atom is -0.493 e. The van der Waals surface area contributed by atoms with E-state index in [-0.39, 0.29) is 22.8 Å². The Morgan fingerprint density at radius 1 is 1.13 bits per heavy atom. The van der Waals surface area contributed by atoms with E-state index in [0.29, 0.717) is 10.4 Å². The minimum atomic E-state index is -0.755. The van der Waals surface area contributed by atoms with Gasteiger partial charge in [-0.05, 0) is 47.4 Å². The summed E-state index contributed by atoms with van der Waals surface area (Å²) in [5, 5.41) is 13.5. The number of hydrogen-bond acceptors (Lipinski definition) is 6. The number of nitriles is 1. The van der Waals surface area contributed by atoms with E-state index in [1.807, 2.05) is 0 Å². The van der Waals surface area contributed by atoms with Crippen LogP contribution in [0.25, 0.3) is 6.08 Å². The van der Waals surface area contributed by atoms with Gasteiger partial charge in [0.1, 0.15) is 22.3 Å². The van der Waals surface area contributed by atoms with Gasteiger partial charge in [0, 0.05) is 0 Å². The zero-order valence-electron chi connectivity index (χ0n) is 15.7. The average molecular weight is 422 g/mol. The number of amides is 1. The number of carbonyl (C=O) groups is 2. The van der Waals surface area contributed by atoms with Gasteiger partial charge in [0.15, 0.2) is 11.5 Å². The normalized spacial score (nSPS) is 10.8. The molecule has 1 aromatic heterocycles. The number of para-hydroxylation sites is 1. The third-order valence-corrected chi connectivity index (χ3v) is 4.76. The van der Waals surface area contributed by atoms with Gasteiger partial charge in [0.05, 0.1) is 12.8 Å². The summed E-state index contributed by atoms with van der Waals surface area (Å²) in [5.74, 6) is -1.44. The fraction of sp³-hybridized carbons (Fsp3) is 0.0455. The molecule has 1 N–H and O–H groups in total. The lowest BCUT2D eigenvalue weighted by Gasteiger charge is -2.10. The summed E-state index contributed by atoms with van der Waals surface area (Å²) in [6, 6.07) is 15.4. The molecule has 0 aliphatic carbocycles. The van der Waals surface area contributed by atoms with Gasteiger partial charge < -0.3 is 14.8 Å². The maximum absolute atomic E-state index is 13.7. The van der Waals surface area contributed by atoms with Crippen LogP contribution in [0.5, 0.6) is 11.5 Å². The topological polar surface area (TPSA) is 88.4 Å². The maximum Gasteiger partial charge on any atom is 0.353 e. The first-order valence-corrected chi connectivity index (χ1v) is 9.51. The molecule has 1 heterocycles. The number of nitrogens with one attached hydrogen (secondary N) is 1. The zero-order valence-corrected chi connectivity index (χ0v) is 16.5. The van der Waals surface area contributed by atoms with Crippen LogP contribution in [-0.2, 0) is 4.79 Å². The molecule has 0 fully saturated rings. The third kappa shape index (κ3) is 4.90. The van der Waals surface area contributed by atoms with Crippen LogP contribution in [-0.4, -0.2) is 19.0 Å². The van der Waals surface area contributed by atoms with Crippen LogP contribution in [0.1, 0.15) is 15.2 Å². The molecule has 30 heavy (non-hydrogen) atoms. The van der Waals surface area contributed by atoms with Gasteiger partial charge in [0.25, 0.3) is 5.91 Å². The number of ether oxygens (including phenoxy) is 2. The van der Waals surface area contributed by atoms with E-state index in [2.05, 4.69) is 5.32 Å². The molecular weight excluding hydrogens is 407 g/mol. The second-order valence-corrected chi connectivity index (χ2v) is 6.83. The summed E-state index contributed by atoms with van der Waals surface area (Å²) < 4.78 is 24.3. The van der Waals surface area contributed by atoms with Gasteiger partial charge in [-0.25, -0.2) is 9.18 Å². The SMILES string of the molecule is COc1cc(/C=C(\C#N)C(=O)Nc2ccccc2F)ccc1OC(=O)c1cccs1. The molecule has 2 aromatic carbocycles. The lowest BCUT2D eigenvalue weighted by Crippen LogP contribution is -2.14. The van der Waals surface area contributed by atoms with Gasteiger partial charge in [-0.2, -0.15) is 5.26 Å². The van der Waals surface area contributed by atoms with Crippen LogP contribution >= 0.6 is 11.3 Å². The lowest BCUT2D eigenvalue weighted by molar-refractivity contribution is -0.112. The van der Waals surface area contributed by atoms with Crippen molar-refractivity contribution in [2.75, 3.05) is 12.4 Å². The fourth-order valence-electron chi connectivity index (χ4n) is 2.47. The smallest absolute Gasteiger partial charge is 0.353 e. The molecule has 0 bridgehead atoms. The van der Waals surface area contributed by atoms with Crippen LogP contribution in [0.2, 0.25) is 0 Å². The molecule has 0 atom stereocenters. The van der Waals surface area contributed by atoms with E-state index in [1.54, 1.807) is 35.7 Å². The zero-order chi connectivity index (χ0) is 21.5. The van der Waals surface area contributed by atoms with Gasteiger partial charge in [0.2, 0.25) is 0 Å². The highest BCUT2D eigenvalue weighted by Crippen LogP contribution is 2.30. The lowest BCUT2D eigenvalue weighted by atomic mass is 10.1. The van der Waals surface area contributed by atoms with Crippen molar-refractivity contribution in [3.05, 3.63) is 81.8 Å². The van der Waals surface area contributed by atoms with E-state index < -0.39 is 17.7 Å². The number of methoxy groups -OCH3 is 1. The molecule has 1 amide bonds. The molecule has 0 aliphatic rings. The van der Waals surface area contributed by atoms with Crippen molar-refractivity contribution in [1.82, 2.24) is 0 Å². The quantitative estimate of drug-likeness (QED) is 0.270. The number of nitrogens with zero attached hydrogens (tertiary/aromatic N) is 1. The number of halogens is 1. The Kier molecular flexibility index (Phi) is 6.57. The van der Waals surface area contributed by atoms with E-state index in [0.717, 1.165) is 0 Å². The predicted octanol–water partition coefficient (Wildman–Crippen LogP) is 4.66. The molecular formula is C22H15FN2O4S. The Morgan fingerprint density at radius 3 is 2.60 bits per heavy atom. The Hall–Kier alpha value is -3.96. The van der Waals surface area contributed by atoms with Crippen LogP contribution < -0.4 is 14.8 Å². The summed E-state index contributed by atoms with van der Waals surface area (Å²) in [6.45, 7) is 0. The molecule has 0 unspecified atom stereocenters. The molecule has 0 aliphatic heterocycles. The molecule has 3 aromatic rings. The summed E-state index contributed by atoms with van der Waals surface area (Å²) in [6.07, 6.45) is 1.32. The Morgan fingerprint density at radius 2 is 1.93 bits per heavy atom. The Balaban J connectivity index is 1.81. The Labute approximate surface area is 175 Å².